The third-order valence-electron chi connectivity index (χ3n) is 4.67. The molecule has 0 spiro atoms. The monoisotopic (exact) mass is 464 g/mol. The highest BCUT2D eigenvalue weighted by Gasteiger charge is 2.27. The van der Waals surface area contributed by atoms with Crippen molar-refractivity contribution in [3.8, 4) is 0 Å². The number of nitrogens with zero attached hydrogens (tertiary/aromatic N) is 4. The van der Waals surface area contributed by atoms with Crippen LogP contribution in [0.5, 0.6) is 0 Å². The quantitative estimate of drug-likeness (QED) is 0.582. The summed E-state index contributed by atoms with van der Waals surface area (Å²) in [5, 5.41) is 0. The van der Waals surface area contributed by atoms with E-state index in [4.69, 9.17) is 0 Å². The fraction of sp³-hybridized carbons (Fsp3) is 0.278. The first-order valence-electron chi connectivity index (χ1n) is 8.73. The molecule has 0 radical (unpaired) electrons. The topological polar surface area (TPSA) is 93.8 Å². The van der Waals surface area contributed by atoms with Gasteiger partial charge in [-0.1, -0.05) is 0 Å². The lowest BCUT2D eigenvalue weighted by atomic mass is 10.3. The highest BCUT2D eigenvalue weighted by molar-refractivity contribution is 9.10. The summed E-state index contributed by atoms with van der Waals surface area (Å²) in [7, 11) is -3.64. The van der Waals surface area contributed by atoms with Crippen molar-refractivity contribution in [1.29, 1.82) is 0 Å². The van der Waals surface area contributed by atoms with Gasteiger partial charge in [-0.15, -0.1) is 0 Å². The van der Waals surface area contributed by atoms with Gasteiger partial charge in [0.15, 0.2) is 0 Å². The lowest BCUT2D eigenvalue weighted by Gasteiger charge is -2.16. The first kappa shape index (κ1) is 19.0. The Kier molecular flexibility index (Phi) is 4.94. The highest BCUT2D eigenvalue weighted by atomic mass is 79.9. The van der Waals surface area contributed by atoms with E-state index in [0.29, 0.717) is 24.4 Å². The summed E-state index contributed by atoms with van der Waals surface area (Å²) in [4.78, 5) is 29.1. The number of halogens is 1. The molecule has 0 atom stereocenters. The molecule has 28 heavy (non-hydrogen) atoms. The fourth-order valence-electron chi connectivity index (χ4n) is 3.24. The molecule has 1 aliphatic rings. The molecule has 0 aromatic carbocycles. The van der Waals surface area contributed by atoms with Crippen molar-refractivity contribution < 1.29 is 8.42 Å². The van der Waals surface area contributed by atoms with E-state index in [9.17, 15) is 18.0 Å². The zero-order valence-electron chi connectivity index (χ0n) is 14.8. The van der Waals surface area contributed by atoms with Crippen LogP contribution in [0.2, 0.25) is 0 Å². The van der Waals surface area contributed by atoms with Gasteiger partial charge in [-0.05, 0) is 47.0 Å². The average Bonchev–Trinajstić information content (AvgIpc) is 3.20. The number of sulfonamides is 1. The van der Waals surface area contributed by atoms with Crippen molar-refractivity contribution in [2.75, 3.05) is 13.1 Å². The van der Waals surface area contributed by atoms with Crippen LogP contribution in [0, 0.1) is 0 Å². The van der Waals surface area contributed by atoms with Crippen molar-refractivity contribution in [2.24, 2.45) is 0 Å². The van der Waals surface area contributed by atoms with Gasteiger partial charge in [0.05, 0.1) is 17.1 Å². The zero-order valence-corrected chi connectivity index (χ0v) is 17.2. The van der Waals surface area contributed by atoms with E-state index in [1.54, 1.807) is 18.3 Å². The summed E-state index contributed by atoms with van der Waals surface area (Å²) >= 11 is 3.31. The van der Waals surface area contributed by atoms with Gasteiger partial charge in [-0.2, -0.15) is 4.31 Å². The average molecular weight is 465 g/mol. The molecule has 0 N–H and O–H groups in total. The van der Waals surface area contributed by atoms with Crippen LogP contribution in [0.1, 0.15) is 18.5 Å². The maximum atomic E-state index is 12.7. The van der Waals surface area contributed by atoms with E-state index in [1.165, 1.54) is 37.7 Å². The third-order valence-corrected chi connectivity index (χ3v) is 7.02. The molecular formula is C18H17BrN4O4S. The lowest BCUT2D eigenvalue weighted by Crippen LogP contribution is -2.30. The second-order valence-electron chi connectivity index (χ2n) is 6.60. The number of rotatable bonds is 4. The second kappa shape index (κ2) is 7.26. The normalized spacial score (nSPS) is 15.3. The molecule has 0 saturated carbocycles. The van der Waals surface area contributed by atoms with Crippen molar-refractivity contribution in [3.05, 3.63) is 73.6 Å². The van der Waals surface area contributed by atoms with Crippen LogP contribution in [-0.4, -0.2) is 39.8 Å². The van der Waals surface area contributed by atoms with Crippen LogP contribution >= 0.6 is 15.9 Å². The van der Waals surface area contributed by atoms with Crippen molar-refractivity contribution in [3.63, 3.8) is 0 Å². The first-order chi connectivity index (χ1) is 13.3. The van der Waals surface area contributed by atoms with Crippen LogP contribution in [-0.2, 0) is 16.6 Å². The molecule has 1 saturated heterocycles. The van der Waals surface area contributed by atoms with Crippen molar-refractivity contribution >= 4 is 31.6 Å². The maximum Gasteiger partial charge on any atom is 0.258 e. The zero-order chi connectivity index (χ0) is 19.9. The largest absolute Gasteiger partial charge is 0.308 e. The Morgan fingerprint density at radius 2 is 1.75 bits per heavy atom. The Labute approximate surface area is 169 Å². The van der Waals surface area contributed by atoms with Gasteiger partial charge in [-0.25, -0.2) is 13.4 Å². The third kappa shape index (κ3) is 3.54. The summed E-state index contributed by atoms with van der Waals surface area (Å²) in [6.07, 6.45) is 4.60. The Balaban J connectivity index is 1.72. The smallest absolute Gasteiger partial charge is 0.258 e. The molecule has 3 aromatic heterocycles. The van der Waals surface area contributed by atoms with Gasteiger partial charge in [0, 0.05) is 42.1 Å². The Hall–Kier alpha value is -2.30. The minimum absolute atomic E-state index is 0.00397. The molecule has 10 heteroatoms. The highest BCUT2D eigenvalue weighted by Crippen LogP contribution is 2.20. The van der Waals surface area contributed by atoms with E-state index in [0.717, 1.165) is 17.3 Å². The molecule has 8 nitrogen and oxygen atoms in total. The number of hydrogen-bond donors (Lipinski definition) is 0. The van der Waals surface area contributed by atoms with Crippen LogP contribution in [0.25, 0.3) is 5.65 Å². The summed E-state index contributed by atoms with van der Waals surface area (Å²) in [6, 6.07) is 7.35. The minimum atomic E-state index is -3.64. The summed E-state index contributed by atoms with van der Waals surface area (Å²) < 4.78 is 30.3. The second-order valence-corrected chi connectivity index (χ2v) is 9.46. The molecule has 0 amide bonds. The molecule has 4 heterocycles. The van der Waals surface area contributed by atoms with Crippen molar-refractivity contribution in [2.45, 2.75) is 24.3 Å². The number of aromatic nitrogens is 3. The SMILES string of the molecule is O=c1ccc(S(=O)(=O)N2CCCC2)cn1Cc1cc(=O)n2cc(Br)ccc2n1. The Morgan fingerprint density at radius 1 is 1.00 bits per heavy atom. The number of pyridine rings is 2. The van der Waals surface area contributed by atoms with Crippen molar-refractivity contribution in [1.82, 2.24) is 18.3 Å². The van der Waals surface area contributed by atoms with E-state index in [-0.39, 0.29) is 22.6 Å². The number of hydrogen-bond acceptors (Lipinski definition) is 5. The van der Waals surface area contributed by atoms with Crippen LogP contribution in [0.15, 0.2) is 61.7 Å². The standard InChI is InChI=1S/C18H17BrN4O4S/c19-13-3-5-16-20-14(9-18(25)23(16)10-13)11-21-12-15(4-6-17(21)24)28(26,27)22-7-1-2-8-22/h3-6,9-10,12H,1-2,7-8,11H2. The summed E-state index contributed by atoms with van der Waals surface area (Å²) in [6.45, 7) is 0.976. The molecule has 0 unspecified atom stereocenters. The predicted octanol–water partition coefficient (Wildman–Crippen LogP) is 1.45. The Bertz CT molecular complexity index is 1280. The van der Waals surface area contributed by atoms with E-state index in [2.05, 4.69) is 20.9 Å². The first-order valence-corrected chi connectivity index (χ1v) is 11.0. The number of fused-ring (bicyclic) bond motifs is 1. The Morgan fingerprint density at radius 3 is 2.50 bits per heavy atom. The van der Waals surface area contributed by atoms with Gasteiger partial charge < -0.3 is 4.57 Å². The summed E-state index contributed by atoms with van der Waals surface area (Å²) in [5.74, 6) is 0. The fourth-order valence-corrected chi connectivity index (χ4v) is 5.12. The molecule has 146 valence electrons. The van der Waals surface area contributed by atoms with E-state index >= 15 is 0 Å². The summed E-state index contributed by atoms with van der Waals surface area (Å²) in [5.41, 5.74) is 0.179. The lowest BCUT2D eigenvalue weighted by molar-refractivity contribution is 0.476. The van der Waals surface area contributed by atoms with Gasteiger partial charge in [-0.3, -0.25) is 14.0 Å². The van der Waals surface area contributed by atoms with Gasteiger partial charge in [0.2, 0.25) is 10.0 Å². The van der Waals surface area contributed by atoms with Crippen LogP contribution in [0.4, 0.5) is 0 Å². The van der Waals surface area contributed by atoms with E-state index < -0.39 is 10.0 Å². The van der Waals surface area contributed by atoms with Gasteiger partial charge >= 0.3 is 0 Å². The minimum Gasteiger partial charge on any atom is -0.308 e. The molecule has 1 fully saturated rings. The van der Waals surface area contributed by atoms with Crippen LogP contribution in [0.3, 0.4) is 0 Å². The molecule has 3 aromatic rings. The molecule has 1 aliphatic heterocycles. The molecule has 4 rings (SSSR count). The molecular weight excluding hydrogens is 448 g/mol. The molecule has 0 bridgehead atoms. The van der Waals surface area contributed by atoms with E-state index in [1.807, 2.05) is 0 Å². The molecule has 0 aliphatic carbocycles. The van der Waals surface area contributed by atoms with Crippen LogP contribution < -0.4 is 11.1 Å². The maximum absolute atomic E-state index is 12.7. The van der Waals surface area contributed by atoms with Gasteiger partial charge in [0.1, 0.15) is 5.65 Å². The predicted molar refractivity (Wildman–Crippen MR) is 107 cm³/mol. The van der Waals surface area contributed by atoms with Gasteiger partial charge in [0.25, 0.3) is 11.1 Å².